The lowest BCUT2D eigenvalue weighted by Gasteiger charge is -2.14. The van der Waals surface area contributed by atoms with Gasteiger partial charge in [-0.25, -0.2) is 35.6 Å². The first-order valence-corrected chi connectivity index (χ1v) is 14.7. The second-order valence-corrected chi connectivity index (χ2v) is 12.4. The molecule has 0 aliphatic rings. The zero-order valence-electron chi connectivity index (χ0n) is 20.1. The Kier molecular flexibility index (Phi) is 7.72. The molecule has 0 radical (unpaired) electrons. The fourth-order valence-electron chi connectivity index (χ4n) is 3.45. The molecule has 1 aromatic carbocycles. The molecule has 4 rings (SSSR count). The molecule has 0 unspecified atom stereocenters. The van der Waals surface area contributed by atoms with Crippen molar-refractivity contribution in [3.05, 3.63) is 65.5 Å². The van der Waals surface area contributed by atoms with Crippen molar-refractivity contribution in [2.45, 2.75) is 4.90 Å². The van der Waals surface area contributed by atoms with Crippen LogP contribution in [-0.2, 0) is 19.9 Å². The van der Waals surface area contributed by atoms with Crippen LogP contribution in [0.15, 0.2) is 48.0 Å². The molecule has 12 nitrogen and oxygen atoms in total. The number of hydrogen-bond donors (Lipinski definition) is 2. The minimum absolute atomic E-state index is 0.0160. The van der Waals surface area contributed by atoms with Gasteiger partial charge in [0.15, 0.2) is 16.4 Å². The summed E-state index contributed by atoms with van der Waals surface area (Å²) in [5.41, 5.74) is -1.39. The molecule has 4 aromatic rings. The van der Waals surface area contributed by atoms with E-state index in [9.17, 15) is 26.0 Å². The average molecular weight is 601 g/mol. The maximum Gasteiger partial charge on any atom is 0.272 e. The van der Waals surface area contributed by atoms with E-state index in [0.717, 1.165) is 30.7 Å². The third kappa shape index (κ3) is 6.07. The molecular formula is C22H19ClF2N6O6S2. The Morgan fingerprint density at radius 2 is 1.87 bits per heavy atom. The van der Waals surface area contributed by atoms with Crippen molar-refractivity contribution in [2.24, 2.45) is 0 Å². The largest absolute Gasteiger partial charge is 0.480 e. The Balaban J connectivity index is 1.67. The molecule has 0 saturated carbocycles. The monoisotopic (exact) mass is 600 g/mol. The van der Waals surface area contributed by atoms with Gasteiger partial charge in [0.25, 0.3) is 15.9 Å². The van der Waals surface area contributed by atoms with Crippen LogP contribution in [0.2, 0.25) is 5.02 Å². The molecule has 17 heteroatoms. The van der Waals surface area contributed by atoms with Gasteiger partial charge >= 0.3 is 0 Å². The van der Waals surface area contributed by atoms with Gasteiger partial charge in [-0.05, 0) is 18.2 Å². The second-order valence-electron chi connectivity index (χ2n) is 8.09. The lowest BCUT2D eigenvalue weighted by atomic mass is 10.1. The molecule has 0 bridgehead atoms. The summed E-state index contributed by atoms with van der Waals surface area (Å²) in [5.74, 6) is -3.54. The van der Waals surface area contributed by atoms with Crippen molar-refractivity contribution in [3.8, 4) is 17.1 Å². The van der Waals surface area contributed by atoms with Crippen molar-refractivity contribution >= 4 is 48.6 Å². The standard InChI is InChI=1S/C22H19ClF2N6O6S2/c1-37-22-17(7-12(23)8-28-22)39(35,36)30-14-4-3-13(24)18(19(14)25)15-10-31-11-29-20(16(31)9-27-15)21(32)26-5-6-38(2,33)34/h3-4,7-11,30H,5-6H2,1-2H3,(H,26,32). The van der Waals surface area contributed by atoms with E-state index < -0.39 is 53.5 Å². The van der Waals surface area contributed by atoms with Gasteiger partial charge in [0, 0.05) is 25.2 Å². The number of rotatable bonds is 9. The maximum absolute atomic E-state index is 15.5. The number of imidazole rings is 1. The molecule has 39 heavy (non-hydrogen) atoms. The van der Waals surface area contributed by atoms with Crippen LogP contribution in [0.1, 0.15) is 10.5 Å². The molecule has 0 aliphatic heterocycles. The predicted octanol–water partition coefficient (Wildman–Crippen LogP) is 2.31. The molecule has 0 saturated heterocycles. The highest BCUT2D eigenvalue weighted by Gasteiger charge is 2.26. The predicted molar refractivity (Wildman–Crippen MR) is 137 cm³/mol. The third-order valence-corrected chi connectivity index (χ3v) is 7.76. The zero-order chi connectivity index (χ0) is 28.5. The first-order valence-electron chi connectivity index (χ1n) is 10.8. The molecular weight excluding hydrogens is 582 g/mol. The number of methoxy groups -OCH3 is 1. The lowest BCUT2D eigenvalue weighted by molar-refractivity contribution is 0.0953. The van der Waals surface area contributed by atoms with E-state index in [4.69, 9.17) is 16.3 Å². The van der Waals surface area contributed by atoms with Crippen molar-refractivity contribution in [1.29, 1.82) is 0 Å². The minimum Gasteiger partial charge on any atom is -0.480 e. The summed E-state index contributed by atoms with van der Waals surface area (Å²) in [5, 5.41) is 2.41. The Morgan fingerprint density at radius 1 is 1.13 bits per heavy atom. The number of nitrogens with zero attached hydrogens (tertiary/aromatic N) is 4. The van der Waals surface area contributed by atoms with E-state index >= 15 is 4.39 Å². The quantitative estimate of drug-likeness (QED) is 0.293. The molecule has 0 aliphatic carbocycles. The van der Waals surface area contributed by atoms with Crippen LogP contribution in [-0.4, -0.2) is 67.8 Å². The number of amides is 1. The Labute approximate surface area is 226 Å². The molecule has 1 amide bonds. The van der Waals surface area contributed by atoms with E-state index in [1.165, 1.54) is 30.2 Å². The summed E-state index contributed by atoms with van der Waals surface area (Å²) in [6.45, 7) is -0.140. The smallest absolute Gasteiger partial charge is 0.272 e. The van der Waals surface area contributed by atoms with Crippen molar-refractivity contribution in [2.75, 3.05) is 30.4 Å². The number of fused-ring (bicyclic) bond motifs is 1. The highest BCUT2D eigenvalue weighted by Crippen LogP contribution is 2.32. The number of carbonyl (C=O) groups is 1. The molecule has 206 valence electrons. The lowest BCUT2D eigenvalue weighted by Crippen LogP contribution is -2.29. The van der Waals surface area contributed by atoms with Crippen LogP contribution in [0.5, 0.6) is 5.88 Å². The summed E-state index contributed by atoms with van der Waals surface area (Å²) >= 11 is 5.85. The normalized spacial score (nSPS) is 11.9. The van der Waals surface area contributed by atoms with Crippen LogP contribution in [0.25, 0.3) is 16.8 Å². The van der Waals surface area contributed by atoms with E-state index in [1.807, 2.05) is 4.72 Å². The van der Waals surface area contributed by atoms with E-state index in [2.05, 4.69) is 20.3 Å². The van der Waals surface area contributed by atoms with Crippen LogP contribution in [0.4, 0.5) is 14.5 Å². The van der Waals surface area contributed by atoms with Crippen molar-refractivity contribution < 1.29 is 35.1 Å². The average Bonchev–Trinajstić information content (AvgIpc) is 3.28. The highest BCUT2D eigenvalue weighted by molar-refractivity contribution is 7.92. The zero-order valence-corrected chi connectivity index (χ0v) is 22.5. The van der Waals surface area contributed by atoms with Crippen LogP contribution in [0.3, 0.4) is 0 Å². The number of nitrogens with one attached hydrogen (secondary N) is 2. The van der Waals surface area contributed by atoms with Crippen LogP contribution >= 0.6 is 11.6 Å². The van der Waals surface area contributed by atoms with Crippen LogP contribution in [0, 0.1) is 11.6 Å². The SMILES string of the molecule is COc1ncc(Cl)cc1S(=O)(=O)Nc1ccc(F)c(-c2cn3cnc(C(=O)NCCS(C)(=O)=O)c3cn2)c1F. The van der Waals surface area contributed by atoms with Gasteiger partial charge in [-0.1, -0.05) is 11.6 Å². The molecule has 0 atom stereocenters. The van der Waals surface area contributed by atoms with E-state index in [1.54, 1.807) is 0 Å². The first kappa shape index (κ1) is 28.1. The number of anilines is 1. The summed E-state index contributed by atoms with van der Waals surface area (Å²) in [4.78, 5) is 23.7. The summed E-state index contributed by atoms with van der Waals surface area (Å²) < 4.78 is 86.9. The third-order valence-electron chi connectivity index (χ3n) is 5.25. The Morgan fingerprint density at radius 3 is 2.56 bits per heavy atom. The topological polar surface area (TPSA) is 162 Å². The molecule has 0 fully saturated rings. The van der Waals surface area contributed by atoms with Crippen LogP contribution < -0.4 is 14.8 Å². The Hall–Kier alpha value is -3.89. The molecule has 0 spiro atoms. The number of benzene rings is 1. The fraction of sp³-hybridized carbons (Fsp3) is 0.182. The Bertz CT molecular complexity index is 1820. The van der Waals surface area contributed by atoms with Gasteiger partial charge in [-0.2, -0.15) is 0 Å². The summed E-state index contributed by atoms with van der Waals surface area (Å²) in [6, 6.07) is 2.80. The number of ether oxygens (including phenoxy) is 1. The molecule has 2 N–H and O–H groups in total. The number of sulfonamides is 1. The van der Waals surface area contributed by atoms with Gasteiger partial charge in [-0.3, -0.25) is 14.5 Å². The molecule has 3 heterocycles. The molecule has 3 aromatic heterocycles. The number of sulfone groups is 1. The number of hydrogen-bond acceptors (Lipinski definition) is 9. The van der Waals surface area contributed by atoms with E-state index in [-0.39, 0.29) is 40.1 Å². The van der Waals surface area contributed by atoms with Gasteiger partial charge in [0.1, 0.15) is 22.0 Å². The van der Waals surface area contributed by atoms with Gasteiger partial charge in [0.05, 0.1) is 46.5 Å². The van der Waals surface area contributed by atoms with Gasteiger partial charge in [-0.15, -0.1) is 0 Å². The van der Waals surface area contributed by atoms with Crippen molar-refractivity contribution in [3.63, 3.8) is 0 Å². The maximum atomic E-state index is 15.5. The number of halogens is 3. The van der Waals surface area contributed by atoms with Crippen molar-refractivity contribution in [1.82, 2.24) is 24.7 Å². The van der Waals surface area contributed by atoms with Gasteiger partial charge < -0.3 is 14.5 Å². The fourth-order valence-corrected chi connectivity index (χ4v) is 5.36. The second kappa shape index (κ2) is 10.7. The number of pyridine rings is 1. The first-order chi connectivity index (χ1) is 18.3. The van der Waals surface area contributed by atoms with Gasteiger partial charge in [0.2, 0.25) is 5.88 Å². The number of carbonyl (C=O) groups excluding carboxylic acids is 1. The van der Waals surface area contributed by atoms with E-state index in [0.29, 0.717) is 0 Å². The highest BCUT2D eigenvalue weighted by atomic mass is 35.5. The summed E-state index contributed by atoms with van der Waals surface area (Å²) in [6.07, 6.45) is 5.73. The number of aromatic nitrogens is 4. The minimum atomic E-state index is -4.47. The summed E-state index contributed by atoms with van der Waals surface area (Å²) in [7, 11) is -6.58.